The van der Waals surface area contributed by atoms with Gasteiger partial charge in [0.05, 0.1) is 24.6 Å². The van der Waals surface area contributed by atoms with Crippen LogP contribution in [-0.2, 0) is 11.3 Å². The highest BCUT2D eigenvalue weighted by Crippen LogP contribution is 2.17. The van der Waals surface area contributed by atoms with E-state index in [1.165, 1.54) is 17.1 Å². The number of guanidine groups is 1. The van der Waals surface area contributed by atoms with Gasteiger partial charge in [-0.15, -0.1) is 24.0 Å². The number of hydrogen-bond donors (Lipinski definition) is 2. The van der Waals surface area contributed by atoms with Crippen LogP contribution in [0.15, 0.2) is 41.7 Å². The topological polar surface area (TPSA) is 116 Å². The molecule has 0 saturated heterocycles. The maximum atomic E-state index is 10.7. The molecule has 29 heavy (non-hydrogen) atoms. The van der Waals surface area contributed by atoms with Crippen LogP contribution >= 0.6 is 24.0 Å². The van der Waals surface area contributed by atoms with Crippen molar-refractivity contribution >= 4 is 41.3 Å². The Morgan fingerprint density at radius 1 is 1.38 bits per heavy atom. The van der Waals surface area contributed by atoms with Crippen molar-refractivity contribution in [3.8, 4) is 5.75 Å². The van der Waals surface area contributed by atoms with E-state index in [9.17, 15) is 10.1 Å². The fraction of sp³-hybridized carbons (Fsp3) is 0.444. The lowest BCUT2D eigenvalue weighted by Crippen LogP contribution is -2.31. The molecular formula is C18H27IN6O4. The lowest BCUT2D eigenvalue weighted by Gasteiger charge is -2.13. The maximum Gasteiger partial charge on any atom is 0.306 e. The number of methoxy groups -OCH3 is 1. The van der Waals surface area contributed by atoms with E-state index in [1.54, 1.807) is 7.11 Å². The molecule has 160 valence electrons. The maximum absolute atomic E-state index is 10.7. The molecular weight excluding hydrogens is 491 g/mol. The number of aromatic nitrogens is 2. The number of benzene rings is 1. The molecule has 1 aromatic heterocycles. The van der Waals surface area contributed by atoms with Gasteiger partial charge < -0.3 is 20.1 Å². The summed E-state index contributed by atoms with van der Waals surface area (Å²) in [5.74, 6) is 1.38. The largest absolute Gasteiger partial charge is 0.493 e. The molecule has 11 heteroatoms. The summed E-state index contributed by atoms with van der Waals surface area (Å²) >= 11 is 0. The molecule has 2 N–H and O–H groups in total. The molecule has 0 bridgehead atoms. The van der Waals surface area contributed by atoms with Gasteiger partial charge in [0.15, 0.2) is 5.96 Å². The van der Waals surface area contributed by atoms with Crippen molar-refractivity contribution < 1.29 is 14.4 Å². The SMILES string of the molecule is CCNC(=NCCn1cc([N+](=O)[O-])cn1)Nc1cccc(OCCCOC)c1.I. The van der Waals surface area contributed by atoms with E-state index in [4.69, 9.17) is 9.47 Å². The molecule has 10 nitrogen and oxygen atoms in total. The number of nitrogens with zero attached hydrogens (tertiary/aromatic N) is 4. The van der Waals surface area contributed by atoms with Gasteiger partial charge in [0.2, 0.25) is 0 Å². The standard InChI is InChI=1S/C18H26N6O4.HI/c1-3-19-18(20-8-9-23-14-16(13-21-23)24(25)26)22-15-6-4-7-17(12-15)28-11-5-10-27-2;/h4,6-7,12-14H,3,5,8-11H2,1-2H3,(H2,19,20,22);1H. The summed E-state index contributed by atoms with van der Waals surface area (Å²) in [4.78, 5) is 14.7. The van der Waals surface area contributed by atoms with Crippen LogP contribution in [-0.4, -0.2) is 54.1 Å². The molecule has 2 aromatic rings. The average Bonchev–Trinajstić information content (AvgIpc) is 3.15. The number of rotatable bonds is 11. The fourth-order valence-corrected chi connectivity index (χ4v) is 2.33. The van der Waals surface area contributed by atoms with Gasteiger partial charge in [-0.25, -0.2) is 0 Å². The zero-order valence-electron chi connectivity index (χ0n) is 16.5. The van der Waals surface area contributed by atoms with Crippen LogP contribution in [0.3, 0.4) is 0 Å². The Hall–Kier alpha value is -2.41. The number of halogens is 1. The summed E-state index contributed by atoms with van der Waals surface area (Å²) in [7, 11) is 1.67. The number of nitro groups is 1. The van der Waals surface area contributed by atoms with Gasteiger partial charge in [-0.05, 0) is 19.1 Å². The molecule has 0 saturated carbocycles. The van der Waals surface area contributed by atoms with Crippen LogP contribution in [0.2, 0.25) is 0 Å². The molecule has 1 aromatic carbocycles. The summed E-state index contributed by atoms with van der Waals surface area (Å²) in [6, 6.07) is 7.62. The van der Waals surface area contributed by atoms with Crippen molar-refractivity contribution in [2.45, 2.75) is 19.9 Å². The van der Waals surface area contributed by atoms with Gasteiger partial charge >= 0.3 is 5.69 Å². The van der Waals surface area contributed by atoms with E-state index in [0.29, 0.717) is 38.8 Å². The lowest BCUT2D eigenvalue weighted by atomic mass is 10.3. The second-order valence-corrected chi connectivity index (χ2v) is 5.83. The Kier molecular flexibility index (Phi) is 11.6. The third-order valence-electron chi connectivity index (χ3n) is 3.63. The summed E-state index contributed by atoms with van der Waals surface area (Å²) < 4.78 is 12.2. The molecule has 2 rings (SSSR count). The van der Waals surface area contributed by atoms with Crippen molar-refractivity contribution in [1.82, 2.24) is 15.1 Å². The summed E-state index contributed by atoms with van der Waals surface area (Å²) in [6.07, 6.45) is 3.44. The van der Waals surface area contributed by atoms with E-state index in [1.807, 2.05) is 31.2 Å². The second kappa shape index (κ2) is 13.7. The van der Waals surface area contributed by atoms with E-state index < -0.39 is 4.92 Å². The Labute approximate surface area is 186 Å². The van der Waals surface area contributed by atoms with E-state index in [-0.39, 0.29) is 29.7 Å². The van der Waals surface area contributed by atoms with Gasteiger partial charge in [0, 0.05) is 38.4 Å². The van der Waals surface area contributed by atoms with Gasteiger partial charge in [-0.2, -0.15) is 5.10 Å². The Balaban J connectivity index is 0.00000420. The van der Waals surface area contributed by atoms with Gasteiger partial charge in [0.25, 0.3) is 0 Å². The quantitative estimate of drug-likeness (QED) is 0.117. The third kappa shape index (κ3) is 9.09. The first kappa shape index (κ1) is 24.6. The summed E-state index contributed by atoms with van der Waals surface area (Å²) in [5, 5.41) is 21.0. The van der Waals surface area contributed by atoms with Crippen LogP contribution in [0.1, 0.15) is 13.3 Å². The normalized spacial score (nSPS) is 10.9. The molecule has 0 fully saturated rings. The van der Waals surface area contributed by atoms with Crippen LogP contribution in [0, 0.1) is 10.1 Å². The van der Waals surface area contributed by atoms with Gasteiger partial charge in [-0.3, -0.25) is 19.8 Å². The Bertz CT molecular complexity index is 783. The van der Waals surface area contributed by atoms with E-state index >= 15 is 0 Å². The van der Waals surface area contributed by atoms with Crippen LogP contribution in [0.5, 0.6) is 5.75 Å². The minimum absolute atomic E-state index is 0. The predicted molar refractivity (Wildman–Crippen MR) is 122 cm³/mol. The molecule has 0 amide bonds. The van der Waals surface area contributed by atoms with Crippen molar-refractivity contribution in [3.05, 3.63) is 46.8 Å². The lowest BCUT2D eigenvalue weighted by molar-refractivity contribution is -0.385. The summed E-state index contributed by atoms with van der Waals surface area (Å²) in [6.45, 7) is 4.78. The number of aliphatic imine (C=N–C) groups is 1. The predicted octanol–water partition coefficient (Wildman–Crippen LogP) is 2.90. The number of ether oxygens (including phenoxy) is 2. The molecule has 0 aliphatic heterocycles. The van der Waals surface area contributed by atoms with Gasteiger partial charge in [0.1, 0.15) is 18.1 Å². The van der Waals surface area contributed by atoms with Crippen molar-refractivity contribution in [2.75, 3.05) is 38.7 Å². The minimum Gasteiger partial charge on any atom is -0.493 e. The number of hydrogen-bond acceptors (Lipinski definition) is 6. The van der Waals surface area contributed by atoms with Crippen LogP contribution in [0.4, 0.5) is 11.4 Å². The van der Waals surface area contributed by atoms with Crippen molar-refractivity contribution in [2.24, 2.45) is 4.99 Å². The first-order valence-electron chi connectivity index (χ1n) is 9.06. The number of anilines is 1. The summed E-state index contributed by atoms with van der Waals surface area (Å²) in [5.41, 5.74) is 0.815. The smallest absolute Gasteiger partial charge is 0.306 e. The highest BCUT2D eigenvalue weighted by molar-refractivity contribution is 14.0. The molecule has 0 unspecified atom stereocenters. The zero-order valence-corrected chi connectivity index (χ0v) is 18.9. The molecule has 0 atom stereocenters. The third-order valence-corrected chi connectivity index (χ3v) is 3.63. The first-order chi connectivity index (χ1) is 13.6. The second-order valence-electron chi connectivity index (χ2n) is 5.83. The molecule has 0 aliphatic carbocycles. The van der Waals surface area contributed by atoms with Crippen LogP contribution in [0.25, 0.3) is 0 Å². The average molecular weight is 518 g/mol. The Morgan fingerprint density at radius 2 is 2.21 bits per heavy atom. The first-order valence-corrected chi connectivity index (χ1v) is 9.06. The molecule has 0 aliphatic rings. The highest BCUT2D eigenvalue weighted by atomic mass is 127. The van der Waals surface area contributed by atoms with Crippen molar-refractivity contribution in [1.29, 1.82) is 0 Å². The monoisotopic (exact) mass is 518 g/mol. The van der Waals surface area contributed by atoms with Crippen LogP contribution < -0.4 is 15.4 Å². The number of nitrogens with one attached hydrogen (secondary N) is 2. The van der Waals surface area contributed by atoms with E-state index in [0.717, 1.165) is 17.9 Å². The van der Waals surface area contributed by atoms with E-state index in [2.05, 4.69) is 20.7 Å². The van der Waals surface area contributed by atoms with Crippen molar-refractivity contribution in [3.63, 3.8) is 0 Å². The highest BCUT2D eigenvalue weighted by Gasteiger charge is 2.08. The fourth-order valence-electron chi connectivity index (χ4n) is 2.33. The molecule has 0 spiro atoms. The molecule has 1 heterocycles. The Morgan fingerprint density at radius 3 is 2.90 bits per heavy atom. The minimum atomic E-state index is -0.470. The molecule has 0 radical (unpaired) electrons. The van der Waals surface area contributed by atoms with Gasteiger partial charge in [-0.1, -0.05) is 6.07 Å². The zero-order chi connectivity index (χ0) is 20.2.